The number of hydrogen-bond donors (Lipinski definition) is 2. The molecule has 2 unspecified atom stereocenters. The van der Waals surface area contributed by atoms with Crippen molar-refractivity contribution in [2.75, 3.05) is 26.2 Å². The fraction of sp³-hybridized carbons (Fsp3) is 0.706. The quantitative estimate of drug-likeness (QED) is 0.734. The third-order valence-corrected chi connectivity index (χ3v) is 5.35. The Morgan fingerprint density at radius 1 is 1.10 bits per heavy atom. The number of piperazine rings is 1. The van der Waals surface area contributed by atoms with Gasteiger partial charge in [0, 0.05) is 24.1 Å². The second-order valence-corrected chi connectivity index (χ2v) is 6.96. The van der Waals surface area contributed by atoms with Gasteiger partial charge in [-0.05, 0) is 18.8 Å². The van der Waals surface area contributed by atoms with Gasteiger partial charge >= 0.3 is 0 Å². The first-order valence-electron chi connectivity index (χ1n) is 8.44. The van der Waals surface area contributed by atoms with E-state index in [0.29, 0.717) is 0 Å². The highest BCUT2D eigenvalue weighted by Gasteiger charge is 2.32. The Kier molecular flexibility index (Phi) is 4.69. The SMILES string of the molecule is CC1CCCC([NH+]2CC[NH+](Cc3cc[nH+]cc3)CC2)C1. The van der Waals surface area contributed by atoms with Crippen molar-refractivity contribution in [1.29, 1.82) is 0 Å². The molecule has 1 saturated heterocycles. The third-order valence-electron chi connectivity index (χ3n) is 5.35. The van der Waals surface area contributed by atoms with Crippen molar-refractivity contribution in [1.82, 2.24) is 0 Å². The van der Waals surface area contributed by atoms with Crippen LogP contribution in [-0.2, 0) is 6.54 Å². The molecular weight excluding hydrogens is 246 g/mol. The maximum Gasteiger partial charge on any atom is 0.167 e. The van der Waals surface area contributed by atoms with Crippen LogP contribution >= 0.6 is 0 Å². The zero-order chi connectivity index (χ0) is 13.8. The Bertz CT molecular complexity index is 398. The average molecular weight is 276 g/mol. The van der Waals surface area contributed by atoms with E-state index in [1.54, 1.807) is 4.90 Å². The number of pyridine rings is 1. The maximum absolute atomic E-state index is 3.11. The van der Waals surface area contributed by atoms with Crippen molar-refractivity contribution in [2.45, 2.75) is 45.2 Å². The summed E-state index contributed by atoms with van der Waals surface area (Å²) in [5.74, 6) is 0.965. The van der Waals surface area contributed by atoms with Gasteiger partial charge in [-0.3, -0.25) is 0 Å². The highest BCUT2D eigenvalue weighted by Crippen LogP contribution is 2.21. The van der Waals surface area contributed by atoms with Gasteiger partial charge in [-0.1, -0.05) is 13.3 Å². The number of hydrogen-bond acceptors (Lipinski definition) is 0. The summed E-state index contributed by atoms with van der Waals surface area (Å²) < 4.78 is 0. The molecule has 20 heavy (non-hydrogen) atoms. The van der Waals surface area contributed by atoms with E-state index < -0.39 is 0 Å². The van der Waals surface area contributed by atoms with E-state index in [1.807, 2.05) is 17.3 Å². The fourth-order valence-electron chi connectivity index (χ4n) is 4.14. The number of aromatic nitrogens is 1. The smallest absolute Gasteiger partial charge is 0.167 e. The molecule has 0 aromatic carbocycles. The number of rotatable bonds is 3. The van der Waals surface area contributed by atoms with Crippen LogP contribution in [0.15, 0.2) is 24.5 Å². The van der Waals surface area contributed by atoms with Gasteiger partial charge in [-0.2, -0.15) is 0 Å². The predicted octanol–water partition coefficient (Wildman–Crippen LogP) is -0.637. The van der Waals surface area contributed by atoms with Crippen molar-refractivity contribution in [3.05, 3.63) is 30.1 Å². The van der Waals surface area contributed by atoms with Crippen LogP contribution < -0.4 is 14.8 Å². The molecule has 3 N–H and O–H groups in total. The molecule has 2 aliphatic rings. The molecule has 1 aromatic rings. The van der Waals surface area contributed by atoms with E-state index in [9.17, 15) is 0 Å². The van der Waals surface area contributed by atoms with Gasteiger partial charge < -0.3 is 9.80 Å². The molecule has 2 fully saturated rings. The topological polar surface area (TPSA) is 23.0 Å². The Hall–Kier alpha value is -0.930. The molecule has 0 spiro atoms. The summed E-state index contributed by atoms with van der Waals surface area (Å²) in [6, 6.07) is 5.40. The molecule has 2 heterocycles. The minimum absolute atomic E-state index is 0.964. The van der Waals surface area contributed by atoms with Crippen molar-refractivity contribution in [3.8, 4) is 0 Å². The minimum Gasteiger partial charge on any atom is -0.323 e. The van der Waals surface area contributed by atoms with Crippen LogP contribution in [0.1, 0.15) is 38.2 Å². The van der Waals surface area contributed by atoms with Crippen LogP contribution in [0.25, 0.3) is 0 Å². The number of H-pyrrole nitrogens is 1. The van der Waals surface area contributed by atoms with E-state index >= 15 is 0 Å². The maximum atomic E-state index is 3.11. The molecule has 0 amide bonds. The molecule has 1 aliphatic heterocycles. The van der Waals surface area contributed by atoms with Crippen LogP contribution in [0.2, 0.25) is 0 Å². The molecular formula is C17H30N3+3. The van der Waals surface area contributed by atoms with Crippen LogP contribution in [0.4, 0.5) is 0 Å². The minimum atomic E-state index is 0.964. The Morgan fingerprint density at radius 2 is 1.85 bits per heavy atom. The largest absolute Gasteiger partial charge is 0.323 e. The van der Waals surface area contributed by atoms with Crippen molar-refractivity contribution < 1.29 is 14.8 Å². The number of nitrogens with one attached hydrogen (secondary N) is 3. The molecule has 3 heteroatoms. The van der Waals surface area contributed by atoms with E-state index in [-0.39, 0.29) is 0 Å². The van der Waals surface area contributed by atoms with Gasteiger partial charge in [0.2, 0.25) is 0 Å². The lowest BCUT2D eigenvalue weighted by Crippen LogP contribution is -3.29. The number of aromatic amines is 1. The first kappa shape index (κ1) is 14.0. The Morgan fingerprint density at radius 3 is 2.55 bits per heavy atom. The Labute approximate surface area is 123 Å². The lowest BCUT2D eigenvalue weighted by Gasteiger charge is -2.37. The second-order valence-electron chi connectivity index (χ2n) is 6.96. The summed E-state index contributed by atoms with van der Waals surface area (Å²) in [7, 11) is 0. The molecule has 2 atom stereocenters. The molecule has 1 saturated carbocycles. The molecule has 110 valence electrons. The van der Waals surface area contributed by atoms with E-state index in [0.717, 1.165) is 12.0 Å². The molecule has 0 radical (unpaired) electrons. The van der Waals surface area contributed by atoms with E-state index in [1.165, 1.54) is 64.0 Å². The number of quaternary nitrogens is 2. The first-order chi connectivity index (χ1) is 9.81. The molecule has 3 nitrogen and oxygen atoms in total. The molecule has 3 rings (SSSR count). The van der Waals surface area contributed by atoms with Crippen molar-refractivity contribution >= 4 is 0 Å². The summed E-state index contributed by atoms with van der Waals surface area (Å²) in [5.41, 5.74) is 1.47. The highest BCUT2D eigenvalue weighted by atomic mass is 15.3. The summed E-state index contributed by atoms with van der Waals surface area (Å²) in [6.07, 6.45) is 9.96. The van der Waals surface area contributed by atoms with Crippen LogP contribution in [-0.4, -0.2) is 32.2 Å². The van der Waals surface area contributed by atoms with Gasteiger partial charge in [-0.25, -0.2) is 4.98 Å². The lowest BCUT2D eigenvalue weighted by atomic mass is 9.86. The highest BCUT2D eigenvalue weighted by molar-refractivity contribution is 5.04. The monoisotopic (exact) mass is 276 g/mol. The molecule has 0 bridgehead atoms. The predicted molar refractivity (Wildman–Crippen MR) is 79.5 cm³/mol. The van der Waals surface area contributed by atoms with Gasteiger partial charge in [0.1, 0.15) is 32.7 Å². The molecule has 1 aliphatic carbocycles. The fourth-order valence-corrected chi connectivity index (χ4v) is 4.14. The zero-order valence-corrected chi connectivity index (χ0v) is 12.8. The standard InChI is InChI=1S/C17H27N3/c1-15-3-2-4-17(13-15)20-11-9-19(10-12-20)14-16-5-7-18-8-6-16/h5-8,15,17H,2-4,9-14H2,1H3/p+3. The van der Waals surface area contributed by atoms with Gasteiger partial charge in [0.05, 0.1) is 6.04 Å². The lowest BCUT2D eigenvalue weighted by molar-refractivity contribution is -1.03. The van der Waals surface area contributed by atoms with E-state index in [4.69, 9.17) is 0 Å². The second kappa shape index (κ2) is 6.68. The summed E-state index contributed by atoms with van der Waals surface area (Å²) >= 11 is 0. The van der Waals surface area contributed by atoms with Gasteiger partial charge in [-0.15, -0.1) is 0 Å². The summed E-state index contributed by atoms with van der Waals surface area (Å²) in [6.45, 7) is 9.09. The van der Waals surface area contributed by atoms with Crippen LogP contribution in [0.3, 0.4) is 0 Å². The molecule has 1 aromatic heterocycles. The first-order valence-corrected chi connectivity index (χ1v) is 8.44. The zero-order valence-electron chi connectivity index (χ0n) is 12.8. The summed E-state index contributed by atoms with van der Waals surface area (Å²) in [4.78, 5) is 6.78. The van der Waals surface area contributed by atoms with Gasteiger partial charge in [0.15, 0.2) is 12.4 Å². The average Bonchev–Trinajstić information content (AvgIpc) is 2.49. The van der Waals surface area contributed by atoms with Crippen LogP contribution in [0.5, 0.6) is 0 Å². The van der Waals surface area contributed by atoms with E-state index in [2.05, 4.69) is 24.0 Å². The van der Waals surface area contributed by atoms with Crippen molar-refractivity contribution in [2.24, 2.45) is 5.92 Å². The normalized spacial score (nSPS) is 34.9. The third kappa shape index (κ3) is 3.58. The van der Waals surface area contributed by atoms with Crippen LogP contribution in [0, 0.1) is 5.92 Å². The Balaban J connectivity index is 1.47. The summed E-state index contributed by atoms with van der Waals surface area (Å²) in [5, 5.41) is 0. The van der Waals surface area contributed by atoms with Gasteiger partial charge in [0.25, 0.3) is 0 Å². The van der Waals surface area contributed by atoms with Crippen molar-refractivity contribution in [3.63, 3.8) is 0 Å².